The fourth-order valence-electron chi connectivity index (χ4n) is 11.1. The third-order valence-corrected chi connectivity index (χ3v) is 14.3. The maximum Gasteiger partial charge on any atom is 0.224 e. The molecule has 12 nitrogen and oxygen atoms in total. The van der Waals surface area contributed by atoms with Crippen LogP contribution in [0.15, 0.2) is 36.8 Å². The van der Waals surface area contributed by atoms with Gasteiger partial charge < -0.3 is 13.7 Å². The summed E-state index contributed by atoms with van der Waals surface area (Å²) >= 11 is 17.8. The van der Waals surface area contributed by atoms with Crippen LogP contribution in [0.5, 0.6) is 0 Å². The van der Waals surface area contributed by atoms with Crippen molar-refractivity contribution < 1.29 is 14.4 Å². The normalized spacial score (nSPS) is 22.5. The van der Waals surface area contributed by atoms with Crippen LogP contribution in [0.25, 0.3) is 33.1 Å². The van der Waals surface area contributed by atoms with Gasteiger partial charge in [-0.2, -0.15) is 15.0 Å². The Morgan fingerprint density at radius 3 is 1.50 bits per heavy atom. The van der Waals surface area contributed by atoms with E-state index in [-0.39, 0.29) is 51.7 Å². The van der Waals surface area contributed by atoms with Crippen LogP contribution in [0.3, 0.4) is 0 Å². The quantitative estimate of drug-likeness (QED) is 0.137. The number of hydrogen-bond acceptors (Lipinski definition) is 9. The van der Waals surface area contributed by atoms with Gasteiger partial charge >= 0.3 is 0 Å². The number of carbonyl (C=O) groups excluding carboxylic acids is 3. The monoisotopic (exact) mass is 841 g/mol. The van der Waals surface area contributed by atoms with Crippen molar-refractivity contribution in [1.82, 2.24) is 43.6 Å². The molecule has 0 bridgehead atoms. The Morgan fingerprint density at radius 1 is 0.534 bits per heavy atom. The first-order valence-corrected chi connectivity index (χ1v) is 21.5. The Kier molecular flexibility index (Phi) is 10.2. The Bertz CT molecular complexity index is 2620. The smallest absolute Gasteiger partial charge is 0.224 e. The van der Waals surface area contributed by atoms with Crippen LogP contribution in [-0.4, -0.2) is 61.0 Å². The van der Waals surface area contributed by atoms with E-state index in [0.717, 1.165) is 102 Å². The standard InChI is InChI=1S/C15H16ClN3O.C14H14ClN3O.C13H12ClN3O.CH4/c16-14-17-9-10-8-11-12(20)4-7-15(5-2-1-3-6-15)19(11)13(10)18-14;15-13-16-8-9-7-10-11(19)3-6-14(4-1-2-5-14)18(10)12(9)17-13;14-13-15-6-8-4-10-11(18)5-7-2-1-3-9(7)17(10)12(8)16-13;/h8-9H,1-7H2;7-8H,1-6H2;4,6-7,9H,1-3,5H2;1H4/t;;7-,9+;/m..1./s1. The van der Waals surface area contributed by atoms with Crippen LogP contribution >= 0.6 is 34.8 Å². The zero-order valence-corrected chi connectivity index (χ0v) is 33.8. The molecular formula is C43H46Cl3N9O3. The molecule has 302 valence electrons. The second-order valence-electron chi connectivity index (χ2n) is 16.8. The number of nitrogens with zero attached hydrogens (tertiary/aromatic N) is 9. The number of carbonyl (C=O) groups is 3. The molecule has 0 aromatic carbocycles. The van der Waals surface area contributed by atoms with Gasteiger partial charge in [0.15, 0.2) is 17.3 Å². The summed E-state index contributed by atoms with van der Waals surface area (Å²) in [5, 5.41) is 3.50. The maximum atomic E-state index is 12.3. The molecule has 9 heterocycles. The predicted octanol–water partition coefficient (Wildman–Crippen LogP) is 10.7. The Balaban J connectivity index is 0.000000112. The SMILES string of the molecule is C.O=C1CCC2(CCCC2)n2c1cc1cnc(Cl)nc12.O=C1CCC2(CCCCC2)n2c1cc1cnc(Cl)nc12.O=C1C[C@H]2CCC[C@@H]2n2c1cc1cnc(Cl)nc12. The van der Waals surface area contributed by atoms with Gasteiger partial charge in [-0.3, -0.25) is 14.4 Å². The summed E-state index contributed by atoms with van der Waals surface area (Å²) in [5.74, 6) is 1.14. The Hall–Kier alpha value is -4.26. The minimum Gasteiger partial charge on any atom is -0.319 e. The van der Waals surface area contributed by atoms with E-state index in [1.807, 2.05) is 18.2 Å². The van der Waals surface area contributed by atoms with Gasteiger partial charge in [-0.1, -0.05) is 46.0 Å². The average Bonchev–Trinajstić information content (AvgIpc) is 4.05. The van der Waals surface area contributed by atoms with E-state index < -0.39 is 0 Å². The second-order valence-corrected chi connectivity index (χ2v) is 17.8. The minimum absolute atomic E-state index is 0. The van der Waals surface area contributed by atoms with Gasteiger partial charge in [-0.15, -0.1) is 0 Å². The van der Waals surface area contributed by atoms with Crippen LogP contribution in [-0.2, 0) is 11.1 Å². The van der Waals surface area contributed by atoms with Crippen molar-refractivity contribution in [3.63, 3.8) is 0 Å². The van der Waals surface area contributed by atoms with E-state index in [1.54, 1.807) is 18.6 Å². The topological polar surface area (TPSA) is 143 Å². The van der Waals surface area contributed by atoms with E-state index in [2.05, 4.69) is 43.6 Å². The molecule has 3 saturated carbocycles. The number of rotatable bonds is 0. The largest absolute Gasteiger partial charge is 0.319 e. The zero-order chi connectivity index (χ0) is 39.1. The molecule has 3 fully saturated rings. The number of Topliss-reactive ketones (excluding diaryl/α,β-unsaturated/α-hetero) is 3. The summed E-state index contributed by atoms with van der Waals surface area (Å²) in [6.07, 6.45) is 23.2. The summed E-state index contributed by atoms with van der Waals surface area (Å²) in [7, 11) is 0. The van der Waals surface area contributed by atoms with Crippen LogP contribution in [0, 0.1) is 5.92 Å². The molecule has 2 spiro atoms. The lowest BCUT2D eigenvalue weighted by Gasteiger charge is -2.42. The van der Waals surface area contributed by atoms with E-state index in [4.69, 9.17) is 34.8 Å². The summed E-state index contributed by atoms with van der Waals surface area (Å²) in [6.45, 7) is 0. The molecule has 0 unspecified atom stereocenters. The highest BCUT2D eigenvalue weighted by molar-refractivity contribution is 6.29. The third kappa shape index (κ3) is 6.45. The number of ketones is 3. The molecular weight excluding hydrogens is 797 g/mol. The van der Waals surface area contributed by atoms with Crippen LogP contribution < -0.4 is 0 Å². The van der Waals surface area contributed by atoms with Crippen molar-refractivity contribution in [2.24, 2.45) is 5.92 Å². The molecule has 0 N–H and O–H groups in total. The molecule has 3 aliphatic carbocycles. The fraction of sp³-hybridized carbons (Fsp3) is 0.512. The molecule has 6 aliphatic rings. The second kappa shape index (κ2) is 15.1. The molecule has 58 heavy (non-hydrogen) atoms. The predicted molar refractivity (Wildman–Crippen MR) is 224 cm³/mol. The van der Waals surface area contributed by atoms with Gasteiger partial charge in [0.2, 0.25) is 15.9 Å². The molecule has 3 aliphatic heterocycles. The van der Waals surface area contributed by atoms with E-state index in [0.29, 0.717) is 31.2 Å². The Morgan fingerprint density at radius 2 is 0.983 bits per heavy atom. The first-order valence-electron chi connectivity index (χ1n) is 20.4. The highest BCUT2D eigenvalue weighted by atomic mass is 35.5. The number of hydrogen-bond donors (Lipinski definition) is 0. The van der Waals surface area contributed by atoms with Crippen molar-refractivity contribution in [2.75, 3.05) is 0 Å². The number of aromatic nitrogens is 9. The number of halogens is 3. The van der Waals surface area contributed by atoms with Crippen molar-refractivity contribution in [3.8, 4) is 0 Å². The highest BCUT2D eigenvalue weighted by Crippen LogP contribution is 2.48. The highest BCUT2D eigenvalue weighted by Gasteiger charge is 2.44. The van der Waals surface area contributed by atoms with Crippen molar-refractivity contribution in [2.45, 2.75) is 134 Å². The first-order chi connectivity index (χ1) is 27.6. The lowest BCUT2D eigenvalue weighted by atomic mass is 9.75. The molecule has 15 heteroatoms. The lowest BCUT2D eigenvalue weighted by Crippen LogP contribution is -2.41. The van der Waals surface area contributed by atoms with E-state index in [9.17, 15) is 14.4 Å². The molecule has 6 aromatic heterocycles. The zero-order valence-electron chi connectivity index (χ0n) is 31.5. The molecule has 12 rings (SSSR count). The van der Waals surface area contributed by atoms with Crippen molar-refractivity contribution in [1.29, 1.82) is 0 Å². The Labute approximate surface area is 351 Å². The molecule has 2 atom stereocenters. The van der Waals surface area contributed by atoms with Gasteiger partial charge in [0, 0.05) is 71.1 Å². The third-order valence-electron chi connectivity index (χ3n) is 13.7. The van der Waals surface area contributed by atoms with Gasteiger partial charge in [0.05, 0.1) is 17.1 Å². The van der Waals surface area contributed by atoms with Gasteiger partial charge in [0.25, 0.3) is 0 Å². The summed E-state index contributed by atoms with van der Waals surface area (Å²) in [4.78, 5) is 61.7. The molecule has 0 saturated heterocycles. The maximum absolute atomic E-state index is 12.3. The van der Waals surface area contributed by atoms with Crippen LogP contribution in [0.4, 0.5) is 0 Å². The van der Waals surface area contributed by atoms with Gasteiger partial charge in [0.1, 0.15) is 16.9 Å². The van der Waals surface area contributed by atoms with E-state index in [1.165, 1.54) is 38.5 Å². The minimum atomic E-state index is 0. The summed E-state index contributed by atoms with van der Waals surface area (Å²) in [6, 6.07) is 6.18. The first kappa shape index (κ1) is 39.2. The van der Waals surface area contributed by atoms with Crippen LogP contribution in [0.1, 0.15) is 154 Å². The number of fused-ring (bicyclic) bond motifs is 13. The van der Waals surface area contributed by atoms with Gasteiger partial charge in [-0.05, 0) is 110 Å². The van der Waals surface area contributed by atoms with Crippen molar-refractivity contribution >= 4 is 85.3 Å². The fourth-order valence-corrected chi connectivity index (χ4v) is 11.5. The lowest BCUT2D eigenvalue weighted by molar-refractivity contribution is 0.0851. The summed E-state index contributed by atoms with van der Waals surface area (Å²) < 4.78 is 6.45. The van der Waals surface area contributed by atoms with E-state index >= 15 is 0 Å². The molecule has 0 amide bonds. The average molecular weight is 843 g/mol. The molecule has 6 aromatic rings. The van der Waals surface area contributed by atoms with Crippen molar-refractivity contribution in [3.05, 3.63) is 69.7 Å². The molecule has 0 radical (unpaired) electrons. The van der Waals surface area contributed by atoms with Gasteiger partial charge in [-0.25, -0.2) is 15.0 Å². The van der Waals surface area contributed by atoms with Crippen LogP contribution in [0.2, 0.25) is 15.9 Å². The summed E-state index contributed by atoms with van der Waals surface area (Å²) in [5.41, 5.74) is 4.99.